The van der Waals surface area contributed by atoms with Gasteiger partial charge in [0.1, 0.15) is 0 Å². The predicted octanol–water partition coefficient (Wildman–Crippen LogP) is 11.2. The van der Waals surface area contributed by atoms with Gasteiger partial charge < -0.3 is 4.57 Å². The van der Waals surface area contributed by atoms with E-state index in [-0.39, 0.29) is 0 Å². The Morgan fingerprint density at radius 2 is 1.10 bits per heavy atom. The normalized spacial score (nSPS) is 11.7. The summed E-state index contributed by atoms with van der Waals surface area (Å²) in [5.74, 6) is 0. The van der Waals surface area contributed by atoms with Crippen LogP contribution in [-0.2, 0) is 0 Å². The topological polar surface area (TPSA) is 4.93 Å². The molecule has 0 aliphatic carbocycles. The number of para-hydroxylation sites is 1. The fraction of sp³-hybridized carbons (Fsp3) is 0. The molecule has 1 nitrogen and oxygen atoms in total. The third-order valence-corrected chi connectivity index (χ3v) is 9.33. The highest BCUT2D eigenvalue weighted by Crippen LogP contribution is 2.39. The average molecular weight is 581 g/mol. The number of hydrogen-bond acceptors (Lipinski definition) is 1. The van der Waals surface area contributed by atoms with E-state index < -0.39 is 0 Å². The minimum atomic E-state index is 1.09. The van der Waals surface area contributed by atoms with E-state index in [4.69, 9.17) is 0 Å². The minimum Gasteiger partial charge on any atom is -0.309 e. The second-order valence-electron chi connectivity index (χ2n) is 9.95. The minimum absolute atomic E-state index is 1.09. The van der Waals surface area contributed by atoms with Gasteiger partial charge in [-0.15, -0.1) is 11.3 Å². The second kappa shape index (κ2) is 8.94. The van der Waals surface area contributed by atoms with Crippen LogP contribution in [0.1, 0.15) is 0 Å². The second-order valence-corrected chi connectivity index (χ2v) is 12.0. The summed E-state index contributed by atoms with van der Waals surface area (Å²) in [4.78, 5) is 0. The molecule has 0 radical (unpaired) electrons. The molecule has 6 aromatic carbocycles. The molecule has 184 valence electrons. The van der Waals surface area contributed by atoms with Gasteiger partial charge >= 0.3 is 0 Å². The molecular formula is C36H22BrNS. The summed E-state index contributed by atoms with van der Waals surface area (Å²) in [5.41, 5.74) is 8.54. The maximum Gasteiger partial charge on any atom is 0.0541 e. The van der Waals surface area contributed by atoms with Crippen molar-refractivity contribution < 1.29 is 0 Å². The Hall–Kier alpha value is -4.18. The maximum atomic E-state index is 3.55. The summed E-state index contributed by atoms with van der Waals surface area (Å²) in [6, 6.07) is 48.6. The van der Waals surface area contributed by atoms with Gasteiger partial charge in [0.15, 0.2) is 0 Å². The van der Waals surface area contributed by atoms with Crippen molar-refractivity contribution in [3.8, 4) is 27.9 Å². The highest BCUT2D eigenvalue weighted by atomic mass is 79.9. The molecule has 0 unspecified atom stereocenters. The number of fused-ring (bicyclic) bond motifs is 6. The molecule has 0 aliphatic rings. The molecule has 2 heterocycles. The lowest BCUT2D eigenvalue weighted by Crippen LogP contribution is -1.93. The van der Waals surface area contributed by atoms with Gasteiger partial charge in [0.25, 0.3) is 0 Å². The van der Waals surface area contributed by atoms with Crippen LogP contribution in [0.5, 0.6) is 0 Å². The molecule has 0 N–H and O–H groups in total. The van der Waals surface area contributed by atoms with Crippen LogP contribution in [0.4, 0.5) is 0 Å². The zero-order chi connectivity index (χ0) is 25.9. The molecule has 0 atom stereocenters. The van der Waals surface area contributed by atoms with Crippen LogP contribution >= 0.6 is 27.3 Å². The van der Waals surface area contributed by atoms with Crippen LogP contribution in [0.15, 0.2) is 138 Å². The lowest BCUT2D eigenvalue weighted by molar-refractivity contribution is 1.19. The highest BCUT2D eigenvalue weighted by molar-refractivity contribution is 9.10. The van der Waals surface area contributed by atoms with Crippen molar-refractivity contribution in [3.05, 3.63) is 138 Å². The van der Waals surface area contributed by atoms with E-state index in [1.54, 1.807) is 0 Å². The van der Waals surface area contributed by atoms with E-state index in [1.807, 2.05) is 11.3 Å². The van der Waals surface area contributed by atoms with Gasteiger partial charge in [-0.3, -0.25) is 0 Å². The zero-order valence-corrected chi connectivity index (χ0v) is 23.3. The van der Waals surface area contributed by atoms with Crippen molar-refractivity contribution in [1.82, 2.24) is 4.57 Å². The van der Waals surface area contributed by atoms with E-state index in [0.717, 1.165) is 4.47 Å². The van der Waals surface area contributed by atoms with Gasteiger partial charge in [-0.05, 0) is 76.9 Å². The molecule has 3 heteroatoms. The lowest BCUT2D eigenvalue weighted by Gasteiger charge is -2.09. The lowest BCUT2D eigenvalue weighted by atomic mass is 9.98. The quantitative estimate of drug-likeness (QED) is 0.196. The molecule has 0 amide bonds. The van der Waals surface area contributed by atoms with Gasteiger partial charge in [-0.2, -0.15) is 0 Å². The van der Waals surface area contributed by atoms with Gasteiger partial charge in [0.2, 0.25) is 0 Å². The molecule has 0 aliphatic heterocycles. The summed E-state index contributed by atoms with van der Waals surface area (Å²) in [6.07, 6.45) is 0. The van der Waals surface area contributed by atoms with Crippen LogP contribution in [0, 0.1) is 0 Å². The Balaban J connectivity index is 1.30. The molecule has 0 spiro atoms. The number of aromatic nitrogens is 1. The molecule has 39 heavy (non-hydrogen) atoms. The number of halogens is 1. The molecule has 2 aromatic heterocycles. The Morgan fingerprint density at radius 3 is 1.97 bits per heavy atom. The fourth-order valence-electron chi connectivity index (χ4n) is 5.80. The first-order valence-corrected chi connectivity index (χ1v) is 14.7. The predicted molar refractivity (Wildman–Crippen MR) is 172 cm³/mol. The van der Waals surface area contributed by atoms with E-state index >= 15 is 0 Å². The molecule has 0 saturated carbocycles. The molecule has 0 bridgehead atoms. The molecule has 0 saturated heterocycles. The molecule has 0 fully saturated rings. The highest BCUT2D eigenvalue weighted by Gasteiger charge is 2.15. The fourth-order valence-corrected chi connectivity index (χ4v) is 7.21. The van der Waals surface area contributed by atoms with E-state index in [9.17, 15) is 0 Å². The number of rotatable bonds is 3. The zero-order valence-electron chi connectivity index (χ0n) is 20.9. The summed E-state index contributed by atoms with van der Waals surface area (Å²) < 4.78 is 6.16. The number of benzene rings is 6. The Bertz CT molecular complexity index is 2180. The Labute approximate surface area is 238 Å². The van der Waals surface area contributed by atoms with Crippen LogP contribution in [0.3, 0.4) is 0 Å². The Kier molecular flexibility index (Phi) is 5.22. The summed E-state index contributed by atoms with van der Waals surface area (Å²) in [5, 5.41) is 5.21. The standard InChI is InChI=1S/C36H22BrNS/c37-27-15-12-23(13-16-27)24-6-5-7-25(20-24)26-14-19-34-32(21-26)29-8-1-3-10-33(29)38(34)28-17-18-31-30-9-2-4-11-35(30)39-36(31)22-28/h1-22H. The van der Waals surface area contributed by atoms with Gasteiger partial charge in [-0.25, -0.2) is 0 Å². The first-order valence-electron chi connectivity index (χ1n) is 13.0. The SMILES string of the molecule is Brc1ccc(-c2cccc(-c3ccc4c(c3)c3ccccc3n4-c3ccc4c(c3)sc3ccccc34)c2)cc1. The van der Waals surface area contributed by atoms with Crippen molar-refractivity contribution in [3.63, 3.8) is 0 Å². The number of thiophene rings is 1. The first kappa shape index (κ1) is 22.8. The van der Waals surface area contributed by atoms with Crippen LogP contribution in [0.2, 0.25) is 0 Å². The molecule has 8 rings (SSSR count). The van der Waals surface area contributed by atoms with E-state index in [2.05, 4.69) is 154 Å². The van der Waals surface area contributed by atoms with Crippen molar-refractivity contribution in [2.75, 3.05) is 0 Å². The summed E-state index contributed by atoms with van der Waals surface area (Å²) in [6.45, 7) is 0. The molecule has 8 aromatic rings. The van der Waals surface area contributed by atoms with E-state index in [0.29, 0.717) is 0 Å². The van der Waals surface area contributed by atoms with Crippen molar-refractivity contribution in [1.29, 1.82) is 0 Å². The van der Waals surface area contributed by atoms with Crippen molar-refractivity contribution >= 4 is 69.2 Å². The largest absolute Gasteiger partial charge is 0.309 e. The van der Waals surface area contributed by atoms with Crippen LogP contribution in [-0.4, -0.2) is 4.57 Å². The molecular weight excluding hydrogens is 558 g/mol. The first-order chi connectivity index (χ1) is 19.2. The average Bonchev–Trinajstić information content (AvgIpc) is 3.52. The Morgan fingerprint density at radius 1 is 0.436 bits per heavy atom. The van der Waals surface area contributed by atoms with Crippen LogP contribution < -0.4 is 0 Å². The van der Waals surface area contributed by atoms with Gasteiger partial charge in [-0.1, -0.05) is 94.8 Å². The maximum absolute atomic E-state index is 3.55. The summed E-state index contributed by atoms with van der Waals surface area (Å²) >= 11 is 5.42. The van der Waals surface area contributed by atoms with Crippen molar-refractivity contribution in [2.24, 2.45) is 0 Å². The third-order valence-electron chi connectivity index (χ3n) is 7.67. The van der Waals surface area contributed by atoms with Crippen LogP contribution in [0.25, 0.3) is 69.9 Å². The number of hydrogen-bond donors (Lipinski definition) is 0. The van der Waals surface area contributed by atoms with Gasteiger partial charge in [0.05, 0.1) is 11.0 Å². The monoisotopic (exact) mass is 579 g/mol. The smallest absolute Gasteiger partial charge is 0.0541 e. The van der Waals surface area contributed by atoms with Crippen molar-refractivity contribution in [2.45, 2.75) is 0 Å². The summed E-state index contributed by atoms with van der Waals surface area (Å²) in [7, 11) is 0. The van der Waals surface area contributed by atoms with Gasteiger partial charge in [0, 0.05) is 41.1 Å². The third kappa shape index (κ3) is 3.73. The number of nitrogens with zero attached hydrogens (tertiary/aromatic N) is 1. The van der Waals surface area contributed by atoms with E-state index in [1.165, 1.54) is 69.9 Å².